The highest BCUT2D eigenvalue weighted by Crippen LogP contribution is 2.56. The zero-order valence-electron chi connectivity index (χ0n) is 79.8. The first kappa shape index (κ1) is 86.3. The molecule has 0 aliphatic carbocycles. The molecule has 0 unspecified atom stereocenters. The third kappa shape index (κ3) is 14.3. The quantitative estimate of drug-likeness (QED) is 0.102. The van der Waals surface area contributed by atoms with Gasteiger partial charge in [-0.25, -0.2) is 0 Å². The maximum absolute atomic E-state index is 6.70. The largest absolute Gasteiger partial charge is 0.456 e. The number of para-hydroxylation sites is 9. The molecule has 31 aromatic rings. The van der Waals surface area contributed by atoms with Gasteiger partial charge in [-0.05, 0) is 196 Å². The second-order valence-corrected chi connectivity index (χ2v) is 41.7. The van der Waals surface area contributed by atoms with Crippen LogP contribution in [-0.2, 0) is 0 Å². The Hall–Kier alpha value is -18.4. The molecule has 0 bridgehead atoms. The Morgan fingerprint density at radius 1 is 0.176 bits per heavy atom. The van der Waals surface area contributed by atoms with Gasteiger partial charge in [-0.2, -0.15) is 0 Å². The smallest absolute Gasteiger partial charge is 0.159 e. The van der Waals surface area contributed by atoms with Crippen LogP contribution in [0.3, 0.4) is 0 Å². The summed E-state index contributed by atoms with van der Waals surface area (Å²) in [5, 5.41) is 17.1. The van der Waals surface area contributed by atoms with E-state index in [4.69, 9.17) is 8.83 Å². The van der Waals surface area contributed by atoms with Crippen molar-refractivity contribution in [2.75, 3.05) is 14.7 Å². The van der Waals surface area contributed by atoms with E-state index in [0.717, 1.165) is 95.1 Å². The maximum Gasteiger partial charge on any atom is 0.159 e. The van der Waals surface area contributed by atoms with Crippen molar-refractivity contribution >= 4 is 265 Å². The Morgan fingerprint density at radius 3 is 0.980 bits per heavy atom. The third-order valence-electron chi connectivity index (χ3n) is 29.2. The number of aromatic nitrogens is 3. The van der Waals surface area contributed by atoms with Gasteiger partial charge in [-0.1, -0.05) is 364 Å². The minimum Gasteiger partial charge on any atom is -0.456 e. The molecule has 696 valence electrons. The van der Waals surface area contributed by atoms with Crippen molar-refractivity contribution < 1.29 is 8.83 Å². The van der Waals surface area contributed by atoms with Crippen LogP contribution in [0.25, 0.3) is 219 Å². The summed E-state index contributed by atoms with van der Waals surface area (Å²) in [5.74, 6) is 0. The van der Waals surface area contributed by atoms with E-state index in [1.807, 2.05) is 63.5 Å². The lowest BCUT2D eigenvalue weighted by Gasteiger charge is -2.27. The lowest BCUT2D eigenvalue weighted by Crippen LogP contribution is -2.10. The molecule has 22 aromatic carbocycles. The molecule has 0 N–H and O–H groups in total. The van der Waals surface area contributed by atoms with Gasteiger partial charge < -0.3 is 37.2 Å². The second kappa shape index (κ2) is 35.9. The zero-order valence-corrected chi connectivity index (χ0v) is 83.1. The standard InChI is InChI=1S/C48H30N2OS.C44H28N2OS.C44H28N2S2/c1-2-15-33(16-3-1)50-41-23-8-6-19-39(41)48-45(50)40-22-12-25-43(47(40)52-48)49(42-24-11-21-38-37-18-7-9-26-44(37)51-46(38)42)34-29-27-32(28-30-34)36-20-10-14-31-13-4-5-17-35(31)36;1-3-12-29(13-4-1)30-22-24-32(25-23-30)45(33-26-27-35-34-16-8-10-21-40(34)47-41(35)28-33)39-20-11-18-37-42-44(48-43(37)39)36-17-7-9-19-38(36)46(42)31-14-5-2-6-15-31;1-3-13-29(14-4-1)30-25-27-32(28-26-30)45(38-22-11-19-34-33-17-8-10-24-40(33)47-42(34)38)39-23-12-20-36-41-44(48-43(36)39)35-18-7-9-21-37(35)46(41)31-15-5-2-6-16-31/h1-30H;2*1-28H. The van der Waals surface area contributed by atoms with Gasteiger partial charge in [0, 0.05) is 115 Å². The molecule has 0 aliphatic heterocycles. The normalized spacial score (nSPS) is 11.8. The summed E-state index contributed by atoms with van der Waals surface area (Å²) in [7, 11) is 0. The highest BCUT2D eigenvalue weighted by atomic mass is 32.1. The van der Waals surface area contributed by atoms with Crippen molar-refractivity contribution in [3.63, 3.8) is 0 Å². The lowest BCUT2D eigenvalue weighted by atomic mass is 9.98. The SMILES string of the molecule is c1ccc(-c2ccc(N(c3ccc4c(c3)oc3ccccc34)c3cccc4c3sc3c5ccccc5n(-c5ccccc5)c43)cc2)cc1.c1ccc(-c2ccc(N(c3cccc4c3sc3ccccc34)c3cccc4c3sc3c5ccccc5n(-c5ccccc5)c43)cc2)cc1.c1ccc(-n2c3ccccc3c3sc4c(N(c5ccc(-c6cccc7ccccc67)cc5)c5cccc6c5oc5ccccc56)cccc4c32)cc1. The molecule has 0 spiro atoms. The number of hydrogen-bond acceptors (Lipinski definition) is 9. The van der Waals surface area contributed by atoms with Crippen LogP contribution in [0.1, 0.15) is 0 Å². The molecule has 9 aromatic heterocycles. The molecule has 0 saturated carbocycles. The van der Waals surface area contributed by atoms with Crippen molar-refractivity contribution in [1.82, 2.24) is 13.7 Å². The molecule has 148 heavy (non-hydrogen) atoms. The second-order valence-electron chi connectivity index (χ2n) is 37.6. The average Bonchev–Trinajstić information content (AvgIpc) is 1.56. The first-order valence-corrected chi connectivity index (χ1v) is 53.3. The molecule has 0 fully saturated rings. The number of furan rings is 2. The average molecular weight is 1960 g/mol. The van der Waals surface area contributed by atoms with Gasteiger partial charge in [0.2, 0.25) is 0 Å². The molecule has 31 rings (SSSR count). The van der Waals surface area contributed by atoms with E-state index in [1.165, 1.54) is 175 Å². The van der Waals surface area contributed by atoms with E-state index in [1.54, 1.807) is 0 Å². The van der Waals surface area contributed by atoms with Gasteiger partial charge in [-0.15, -0.1) is 45.3 Å². The van der Waals surface area contributed by atoms with Crippen molar-refractivity contribution in [2.24, 2.45) is 0 Å². The predicted octanol–water partition coefficient (Wildman–Crippen LogP) is 40.7. The molecule has 9 heterocycles. The number of benzene rings is 22. The molecule has 12 heteroatoms. The Morgan fingerprint density at radius 2 is 0.493 bits per heavy atom. The summed E-state index contributed by atoms with van der Waals surface area (Å²) < 4.78 is 30.6. The number of thiophene rings is 4. The fourth-order valence-corrected chi connectivity index (χ4v) is 27.7. The molecule has 0 amide bonds. The van der Waals surface area contributed by atoms with E-state index in [-0.39, 0.29) is 0 Å². The summed E-state index contributed by atoms with van der Waals surface area (Å²) in [5.41, 5.74) is 31.7. The van der Waals surface area contributed by atoms with E-state index < -0.39 is 0 Å². The van der Waals surface area contributed by atoms with Crippen LogP contribution in [0.4, 0.5) is 51.2 Å². The van der Waals surface area contributed by atoms with Gasteiger partial charge in [0.15, 0.2) is 5.58 Å². The molecule has 0 radical (unpaired) electrons. The summed E-state index contributed by atoms with van der Waals surface area (Å²) in [6, 6.07) is 187. The number of hydrogen-bond donors (Lipinski definition) is 0. The monoisotopic (exact) mass is 1960 g/mol. The van der Waals surface area contributed by atoms with Crippen LogP contribution in [0.2, 0.25) is 0 Å². The third-order valence-corrected chi connectivity index (χ3v) is 34.1. The first-order valence-electron chi connectivity index (χ1n) is 50.0. The number of nitrogens with zero attached hydrogens (tertiary/aromatic N) is 6. The van der Waals surface area contributed by atoms with Crippen molar-refractivity contribution in [3.8, 4) is 50.4 Å². The van der Waals surface area contributed by atoms with Gasteiger partial charge >= 0.3 is 0 Å². The van der Waals surface area contributed by atoms with E-state index in [0.29, 0.717) is 0 Å². The fourth-order valence-electron chi connectivity index (χ4n) is 22.5. The Balaban J connectivity index is 0.000000105. The van der Waals surface area contributed by atoms with Crippen LogP contribution in [0.15, 0.2) is 531 Å². The van der Waals surface area contributed by atoms with E-state index in [9.17, 15) is 0 Å². The molecule has 0 aliphatic rings. The molecular formula is C136H86N6O2S4. The minimum atomic E-state index is 0.874. The highest BCUT2D eigenvalue weighted by Gasteiger charge is 2.31. The molecule has 0 atom stereocenters. The van der Waals surface area contributed by atoms with Crippen molar-refractivity contribution in [3.05, 3.63) is 522 Å². The van der Waals surface area contributed by atoms with E-state index in [2.05, 4.69) is 532 Å². The van der Waals surface area contributed by atoms with Crippen molar-refractivity contribution in [1.29, 1.82) is 0 Å². The van der Waals surface area contributed by atoms with Gasteiger partial charge in [-0.3, -0.25) is 0 Å². The van der Waals surface area contributed by atoms with E-state index >= 15 is 0 Å². The highest BCUT2D eigenvalue weighted by molar-refractivity contribution is 7.28. The lowest BCUT2D eigenvalue weighted by molar-refractivity contribution is 0.668. The number of fused-ring (bicyclic) bond motifs is 25. The van der Waals surface area contributed by atoms with Crippen LogP contribution in [0.5, 0.6) is 0 Å². The summed E-state index contributed by atoms with van der Waals surface area (Å²) in [4.78, 5) is 7.26. The fraction of sp³-hybridized carbons (Fsp3) is 0. The predicted molar refractivity (Wildman–Crippen MR) is 634 cm³/mol. The van der Waals surface area contributed by atoms with Crippen LogP contribution in [-0.4, -0.2) is 13.7 Å². The minimum absolute atomic E-state index is 0.874. The summed E-state index contributed by atoms with van der Waals surface area (Å²) >= 11 is 7.52. The van der Waals surface area contributed by atoms with Crippen LogP contribution >= 0.6 is 45.3 Å². The van der Waals surface area contributed by atoms with Gasteiger partial charge in [0.1, 0.15) is 16.7 Å². The van der Waals surface area contributed by atoms with Crippen LogP contribution in [0, 0.1) is 0 Å². The van der Waals surface area contributed by atoms with Gasteiger partial charge in [0.25, 0.3) is 0 Å². The Bertz CT molecular complexity index is 10600. The zero-order chi connectivity index (χ0) is 97.4. The molecule has 0 saturated heterocycles. The maximum atomic E-state index is 6.70. The topological polar surface area (TPSA) is 50.8 Å². The van der Waals surface area contributed by atoms with Gasteiger partial charge in [0.05, 0.1) is 94.4 Å². The molecular weight excluding hydrogens is 1880 g/mol. The van der Waals surface area contributed by atoms with Crippen molar-refractivity contribution in [2.45, 2.75) is 0 Å². The number of rotatable bonds is 15. The Labute approximate surface area is 867 Å². The van der Waals surface area contributed by atoms with Crippen LogP contribution < -0.4 is 14.7 Å². The first-order chi connectivity index (χ1) is 73.5. The Kier molecular flexibility index (Phi) is 20.9. The summed E-state index contributed by atoms with van der Waals surface area (Å²) in [6.07, 6.45) is 0. The molecule has 8 nitrogen and oxygen atoms in total. The summed E-state index contributed by atoms with van der Waals surface area (Å²) in [6.45, 7) is 0. The number of anilines is 9.